The van der Waals surface area contributed by atoms with Gasteiger partial charge >= 0.3 is 5.97 Å². The SMILES string of the molecule is C=C1C(=O)N(C)CCC1C(CC)C(=O)OC. The monoisotopic (exact) mass is 225 g/mol. The second-order valence-corrected chi connectivity index (χ2v) is 4.19. The number of likely N-dealkylation sites (N-methyl/N-ethyl adjacent to an activating group) is 1. The smallest absolute Gasteiger partial charge is 0.309 e. The van der Waals surface area contributed by atoms with E-state index in [2.05, 4.69) is 6.58 Å². The van der Waals surface area contributed by atoms with E-state index in [4.69, 9.17) is 4.74 Å². The van der Waals surface area contributed by atoms with Crippen molar-refractivity contribution in [1.82, 2.24) is 4.90 Å². The van der Waals surface area contributed by atoms with E-state index in [1.165, 1.54) is 7.11 Å². The van der Waals surface area contributed by atoms with Gasteiger partial charge in [0.15, 0.2) is 0 Å². The average molecular weight is 225 g/mol. The van der Waals surface area contributed by atoms with Crippen molar-refractivity contribution in [3.63, 3.8) is 0 Å². The van der Waals surface area contributed by atoms with Gasteiger partial charge in [0.2, 0.25) is 5.91 Å². The standard InChI is InChI=1S/C12H19NO3/c1-5-9(12(15)16-4)10-6-7-13(3)11(14)8(10)2/h9-10H,2,5-7H2,1,3-4H3. The van der Waals surface area contributed by atoms with Gasteiger partial charge in [-0.2, -0.15) is 0 Å². The van der Waals surface area contributed by atoms with Crippen LogP contribution in [0.4, 0.5) is 0 Å². The Kier molecular flexibility index (Phi) is 4.10. The van der Waals surface area contributed by atoms with E-state index in [-0.39, 0.29) is 23.7 Å². The van der Waals surface area contributed by atoms with Gasteiger partial charge in [0, 0.05) is 25.1 Å². The summed E-state index contributed by atoms with van der Waals surface area (Å²) in [5.74, 6) is -0.610. The molecule has 1 saturated heterocycles. The number of piperidine rings is 1. The molecule has 1 rings (SSSR count). The highest BCUT2D eigenvalue weighted by Gasteiger charge is 2.36. The van der Waals surface area contributed by atoms with Crippen LogP contribution in [-0.4, -0.2) is 37.5 Å². The van der Waals surface area contributed by atoms with Crippen LogP contribution in [0, 0.1) is 11.8 Å². The lowest BCUT2D eigenvalue weighted by Gasteiger charge is -2.34. The zero-order chi connectivity index (χ0) is 12.3. The third-order valence-corrected chi connectivity index (χ3v) is 3.27. The highest BCUT2D eigenvalue weighted by molar-refractivity contribution is 5.94. The molecule has 0 aromatic heterocycles. The minimum atomic E-state index is -0.244. The van der Waals surface area contributed by atoms with Crippen LogP contribution in [0.15, 0.2) is 12.2 Å². The van der Waals surface area contributed by atoms with Crippen molar-refractivity contribution >= 4 is 11.9 Å². The zero-order valence-electron chi connectivity index (χ0n) is 10.2. The summed E-state index contributed by atoms with van der Waals surface area (Å²) in [6, 6.07) is 0. The molecule has 1 fully saturated rings. The van der Waals surface area contributed by atoms with Gasteiger partial charge in [0.25, 0.3) is 0 Å². The quantitative estimate of drug-likeness (QED) is 0.536. The summed E-state index contributed by atoms with van der Waals surface area (Å²) in [5, 5.41) is 0. The summed E-state index contributed by atoms with van der Waals surface area (Å²) in [4.78, 5) is 25.0. The normalized spacial score (nSPS) is 23.2. The van der Waals surface area contributed by atoms with Gasteiger partial charge in [0.05, 0.1) is 13.0 Å². The Labute approximate surface area is 96.3 Å². The molecule has 0 aromatic carbocycles. The number of carbonyl (C=O) groups excluding carboxylic acids is 2. The molecule has 0 bridgehead atoms. The van der Waals surface area contributed by atoms with Crippen molar-refractivity contribution in [2.75, 3.05) is 20.7 Å². The van der Waals surface area contributed by atoms with Crippen molar-refractivity contribution in [3.8, 4) is 0 Å². The number of amides is 1. The molecule has 2 atom stereocenters. The molecule has 1 aliphatic rings. The lowest BCUT2D eigenvalue weighted by Crippen LogP contribution is -2.41. The van der Waals surface area contributed by atoms with E-state index in [1.807, 2.05) is 6.92 Å². The molecule has 1 amide bonds. The van der Waals surface area contributed by atoms with Gasteiger partial charge in [0.1, 0.15) is 0 Å². The van der Waals surface area contributed by atoms with Crippen molar-refractivity contribution in [3.05, 3.63) is 12.2 Å². The van der Waals surface area contributed by atoms with Crippen molar-refractivity contribution in [2.45, 2.75) is 19.8 Å². The first kappa shape index (κ1) is 12.7. The van der Waals surface area contributed by atoms with E-state index in [0.29, 0.717) is 18.5 Å². The summed E-state index contributed by atoms with van der Waals surface area (Å²) in [7, 11) is 3.13. The second kappa shape index (κ2) is 5.14. The first-order chi connectivity index (χ1) is 7.52. The number of rotatable bonds is 3. The molecule has 16 heavy (non-hydrogen) atoms. The second-order valence-electron chi connectivity index (χ2n) is 4.19. The molecular weight excluding hydrogens is 206 g/mol. The first-order valence-electron chi connectivity index (χ1n) is 5.55. The molecule has 0 aromatic rings. The predicted molar refractivity (Wildman–Crippen MR) is 60.7 cm³/mol. The molecule has 1 aliphatic heterocycles. The molecule has 0 spiro atoms. The first-order valence-corrected chi connectivity index (χ1v) is 5.55. The lowest BCUT2D eigenvalue weighted by molar-refractivity contribution is -0.147. The fourth-order valence-corrected chi connectivity index (χ4v) is 2.22. The number of hydrogen-bond donors (Lipinski definition) is 0. The number of hydrogen-bond acceptors (Lipinski definition) is 3. The number of methoxy groups -OCH3 is 1. The highest BCUT2D eigenvalue weighted by Crippen LogP contribution is 2.31. The Hall–Kier alpha value is -1.32. The minimum absolute atomic E-state index is 0.0568. The maximum atomic E-state index is 11.7. The van der Waals surface area contributed by atoms with E-state index >= 15 is 0 Å². The Morgan fingerprint density at radius 2 is 2.31 bits per heavy atom. The molecule has 1 heterocycles. The molecular formula is C12H19NO3. The van der Waals surface area contributed by atoms with Gasteiger partial charge < -0.3 is 9.64 Å². The fourth-order valence-electron chi connectivity index (χ4n) is 2.22. The number of ether oxygens (including phenoxy) is 1. The molecule has 0 N–H and O–H groups in total. The lowest BCUT2D eigenvalue weighted by atomic mass is 9.79. The number of nitrogens with zero attached hydrogens (tertiary/aromatic N) is 1. The van der Waals surface area contributed by atoms with Crippen LogP contribution in [0.2, 0.25) is 0 Å². The Morgan fingerprint density at radius 3 is 2.81 bits per heavy atom. The molecule has 0 aliphatic carbocycles. The Morgan fingerprint density at radius 1 is 1.69 bits per heavy atom. The third kappa shape index (κ3) is 2.26. The van der Waals surface area contributed by atoms with Gasteiger partial charge in [-0.25, -0.2) is 0 Å². The Balaban J connectivity index is 2.83. The largest absolute Gasteiger partial charge is 0.469 e. The van der Waals surface area contributed by atoms with Gasteiger partial charge in [-0.05, 0) is 12.8 Å². The summed E-state index contributed by atoms with van der Waals surface area (Å²) < 4.78 is 4.76. The minimum Gasteiger partial charge on any atom is -0.469 e. The topological polar surface area (TPSA) is 46.6 Å². The summed E-state index contributed by atoms with van der Waals surface area (Å²) >= 11 is 0. The van der Waals surface area contributed by atoms with Crippen LogP contribution in [-0.2, 0) is 14.3 Å². The van der Waals surface area contributed by atoms with E-state index in [0.717, 1.165) is 6.42 Å². The molecule has 2 unspecified atom stereocenters. The molecule has 4 heteroatoms. The summed E-state index contributed by atoms with van der Waals surface area (Å²) in [5.41, 5.74) is 0.533. The van der Waals surface area contributed by atoms with Crippen molar-refractivity contribution in [2.24, 2.45) is 11.8 Å². The van der Waals surface area contributed by atoms with E-state index in [1.54, 1.807) is 11.9 Å². The summed E-state index contributed by atoms with van der Waals surface area (Å²) in [6.07, 6.45) is 1.46. The molecule has 4 nitrogen and oxygen atoms in total. The van der Waals surface area contributed by atoms with Gasteiger partial charge in [-0.1, -0.05) is 13.5 Å². The fraction of sp³-hybridized carbons (Fsp3) is 0.667. The third-order valence-electron chi connectivity index (χ3n) is 3.27. The van der Waals surface area contributed by atoms with Crippen molar-refractivity contribution in [1.29, 1.82) is 0 Å². The van der Waals surface area contributed by atoms with Crippen LogP contribution in [0.25, 0.3) is 0 Å². The maximum Gasteiger partial charge on any atom is 0.309 e. The number of likely N-dealkylation sites (tertiary alicyclic amines) is 1. The summed E-state index contributed by atoms with van der Waals surface area (Å²) in [6.45, 7) is 6.42. The molecule has 90 valence electrons. The van der Waals surface area contributed by atoms with E-state index in [9.17, 15) is 9.59 Å². The molecule has 0 radical (unpaired) electrons. The van der Waals surface area contributed by atoms with Crippen LogP contribution < -0.4 is 0 Å². The van der Waals surface area contributed by atoms with Crippen LogP contribution in [0.1, 0.15) is 19.8 Å². The highest BCUT2D eigenvalue weighted by atomic mass is 16.5. The van der Waals surface area contributed by atoms with Crippen LogP contribution >= 0.6 is 0 Å². The van der Waals surface area contributed by atoms with E-state index < -0.39 is 0 Å². The molecule has 0 saturated carbocycles. The maximum absolute atomic E-state index is 11.7. The van der Waals surface area contributed by atoms with Gasteiger partial charge in [-0.3, -0.25) is 9.59 Å². The Bertz CT molecular complexity index is 311. The van der Waals surface area contributed by atoms with Crippen LogP contribution in [0.3, 0.4) is 0 Å². The van der Waals surface area contributed by atoms with Crippen LogP contribution in [0.5, 0.6) is 0 Å². The predicted octanol–water partition coefficient (Wildman–Crippen LogP) is 1.22. The average Bonchev–Trinajstić information content (AvgIpc) is 2.29. The number of carbonyl (C=O) groups is 2. The van der Waals surface area contributed by atoms with Crippen molar-refractivity contribution < 1.29 is 14.3 Å². The number of esters is 1. The zero-order valence-corrected chi connectivity index (χ0v) is 10.2. The van der Waals surface area contributed by atoms with Gasteiger partial charge in [-0.15, -0.1) is 0 Å².